The highest BCUT2D eigenvalue weighted by Crippen LogP contribution is 2.24. The molecule has 138 valence electrons. The molecular weight excluding hydrogens is 376 g/mol. The van der Waals surface area contributed by atoms with Crippen molar-refractivity contribution in [1.82, 2.24) is 4.31 Å². The van der Waals surface area contributed by atoms with Gasteiger partial charge < -0.3 is 10.1 Å². The van der Waals surface area contributed by atoms with E-state index in [9.17, 15) is 13.2 Å². The Bertz CT molecular complexity index is 868. The van der Waals surface area contributed by atoms with Crippen LogP contribution in [0.5, 0.6) is 0 Å². The molecule has 1 aliphatic rings. The number of carbonyl (C=O) groups is 1. The molecule has 26 heavy (non-hydrogen) atoms. The van der Waals surface area contributed by atoms with Crippen LogP contribution in [0.1, 0.15) is 10.9 Å². The van der Waals surface area contributed by atoms with Crippen LogP contribution in [0.25, 0.3) is 0 Å². The Hall–Kier alpha value is -1.93. The van der Waals surface area contributed by atoms with Gasteiger partial charge in [-0.15, -0.1) is 11.6 Å². The van der Waals surface area contributed by atoms with Gasteiger partial charge in [-0.3, -0.25) is 4.79 Å². The zero-order chi connectivity index (χ0) is 18.6. The van der Waals surface area contributed by atoms with Crippen molar-refractivity contribution < 1.29 is 17.9 Å². The number of nitrogens with zero attached hydrogens (tertiary/aromatic N) is 1. The zero-order valence-electron chi connectivity index (χ0n) is 14.0. The van der Waals surface area contributed by atoms with Crippen molar-refractivity contribution in [3.8, 4) is 0 Å². The third-order valence-electron chi connectivity index (χ3n) is 4.03. The molecule has 8 heteroatoms. The van der Waals surface area contributed by atoms with E-state index in [4.69, 9.17) is 16.3 Å². The summed E-state index contributed by atoms with van der Waals surface area (Å²) >= 11 is 6.21. The maximum Gasteiger partial charge on any atom is 0.246 e. The van der Waals surface area contributed by atoms with Crippen LogP contribution in [0.15, 0.2) is 59.5 Å². The van der Waals surface area contributed by atoms with Gasteiger partial charge in [0.05, 0.1) is 18.1 Å². The quantitative estimate of drug-likeness (QED) is 0.791. The lowest BCUT2D eigenvalue weighted by Crippen LogP contribution is -2.40. The third kappa shape index (κ3) is 4.24. The fourth-order valence-corrected chi connectivity index (χ4v) is 4.30. The number of carbonyl (C=O) groups excluding carboxylic acids is 1. The van der Waals surface area contributed by atoms with Crippen LogP contribution in [0, 0.1) is 0 Å². The number of morpholine rings is 1. The van der Waals surface area contributed by atoms with E-state index in [0.29, 0.717) is 37.6 Å². The first-order valence-corrected chi connectivity index (χ1v) is 10.0. The Morgan fingerprint density at radius 3 is 2.46 bits per heavy atom. The molecule has 0 spiro atoms. The van der Waals surface area contributed by atoms with Gasteiger partial charge in [0.2, 0.25) is 15.9 Å². The molecule has 2 aromatic rings. The Morgan fingerprint density at radius 2 is 1.77 bits per heavy atom. The first-order valence-electron chi connectivity index (χ1n) is 8.16. The summed E-state index contributed by atoms with van der Waals surface area (Å²) in [5.74, 6) is -0.418. The van der Waals surface area contributed by atoms with E-state index < -0.39 is 21.3 Å². The van der Waals surface area contributed by atoms with Crippen LogP contribution >= 0.6 is 11.6 Å². The molecule has 1 amide bonds. The smallest absolute Gasteiger partial charge is 0.246 e. The van der Waals surface area contributed by atoms with E-state index in [1.165, 1.54) is 16.4 Å². The summed E-state index contributed by atoms with van der Waals surface area (Å²) in [6.07, 6.45) is 0. The van der Waals surface area contributed by atoms with Gasteiger partial charge in [0.1, 0.15) is 5.38 Å². The molecule has 1 heterocycles. The highest BCUT2D eigenvalue weighted by Gasteiger charge is 2.26. The third-order valence-corrected chi connectivity index (χ3v) is 6.38. The normalized spacial score (nSPS) is 16.8. The number of hydrogen-bond donors (Lipinski definition) is 1. The van der Waals surface area contributed by atoms with E-state index in [1.807, 2.05) is 6.07 Å². The number of amides is 1. The van der Waals surface area contributed by atoms with Gasteiger partial charge in [0.25, 0.3) is 0 Å². The molecule has 1 aliphatic heterocycles. The van der Waals surface area contributed by atoms with Crippen LogP contribution in [-0.4, -0.2) is 44.9 Å². The maximum absolute atomic E-state index is 12.7. The largest absolute Gasteiger partial charge is 0.379 e. The molecule has 2 aromatic carbocycles. The SMILES string of the molecule is O=C(Nc1cccc(S(=O)(=O)N2CCOCC2)c1)C(Cl)c1ccccc1. The van der Waals surface area contributed by atoms with E-state index in [-0.39, 0.29) is 4.90 Å². The number of halogens is 1. The molecule has 6 nitrogen and oxygen atoms in total. The molecule has 1 N–H and O–H groups in total. The van der Waals surface area contributed by atoms with Crippen molar-refractivity contribution >= 4 is 33.2 Å². The van der Waals surface area contributed by atoms with Crippen molar-refractivity contribution in [3.05, 3.63) is 60.2 Å². The predicted molar refractivity (Wildman–Crippen MR) is 99.7 cm³/mol. The lowest BCUT2D eigenvalue weighted by Gasteiger charge is -2.26. The molecule has 0 radical (unpaired) electrons. The Balaban J connectivity index is 1.76. The molecule has 0 aliphatic carbocycles. The molecule has 1 fully saturated rings. The van der Waals surface area contributed by atoms with Crippen LogP contribution in [0.3, 0.4) is 0 Å². The Morgan fingerprint density at radius 1 is 1.08 bits per heavy atom. The second-order valence-electron chi connectivity index (χ2n) is 5.81. The number of sulfonamides is 1. The van der Waals surface area contributed by atoms with E-state index in [1.54, 1.807) is 36.4 Å². The van der Waals surface area contributed by atoms with Crippen molar-refractivity contribution in [2.75, 3.05) is 31.6 Å². The summed E-state index contributed by atoms with van der Waals surface area (Å²) in [6.45, 7) is 1.38. The van der Waals surface area contributed by atoms with Crippen LogP contribution in [0.4, 0.5) is 5.69 Å². The van der Waals surface area contributed by atoms with E-state index in [2.05, 4.69) is 5.32 Å². The standard InChI is InChI=1S/C18H19ClN2O4S/c19-17(14-5-2-1-3-6-14)18(22)20-15-7-4-8-16(13-15)26(23,24)21-9-11-25-12-10-21/h1-8,13,17H,9-12H2,(H,20,22). The van der Waals surface area contributed by atoms with Crippen LogP contribution in [0.2, 0.25) is 0 Å². The summed E-state index contributed by atoms with van der Waals surface area (Å²) < 4.78 is 32.0. The summed E-state index contributed by atoms with van der Waals surface area (Å²) in [4.78, 5) is 12.5. The number of anilines is 1. The summed E-state index contributed by atoms with van der Waals surface area (Å²) in [5.41, 5.74) is 1.05. The molecule has 0 bridgehead atoms. The topological polar surface area (TPSA) is 75.7 Å². The van der Waals surface area contributed by atoms with Crippen molar-refractivity contribution in [2.24, 2.45) is 0 Å². The average molecular weight is 395 g/mol. The second kappa shape index (κ2) is 8.18. The molecule has 0 saturated carbocycles. The maximum atomic E-state index is 12.7. The number of ether oxygens (including phenoxy) is 1. The number of alkyl halides is 1. The summed E-state index contributed by atoms with van der Waals surface area (Å²) in [7, 11) is -3.62. The number of benzene rings is 2. The van der Waals surface area contributed by atoms with Gasteiger partial charge in [-0.05, 0) is 23.8 Å². The molecule has 1 atom stereocenters. The number of rotatable bonds is 5. The zero-order valence-corrected chi connectivity index (χ0v) is 15.5. The van der Waals surface area contributed by atoms with Crippen molar-refractivity contribution in [2.45, 2.75) is 10.3 Å². The average Bonchev–Trinajstić information content (AvgIpc) is 2.69. The summed E-state index contributed by atoms with van der Waals surface area (Å²) in [6, 6.07) is 15.1. The lowest BCUT2D eigenvalue weighted by molar-refractivity contribution is -0.116. The fraction of sp³-hybridized carbons (Fsp3) is 0.278. The van der Waals surface area contributed by atoms with E-state index >= 15 is 0 Å². The molecule has 0 aromatic heterocycles. The number of nitrogens with one attached hydrogen (secondary N) is 1. The monoisotopic (exact) mass is 394 g/mol. The Labute approximate surface area is 157 Å². The first kappa shape index (κ1) is 18.8. The highest BCUT2D eigenvalue weighted by molar-refractivity contribution is 7.89. The molecule has 1 saturated heterocycles. The van der Waals surface area contributed by atoms with Gasteiger partial charge in [-0.25, -0.2) is 8.42 Å². The fourth-order valence-electron chi connectivity index (χ4n) is 2.65. The van der Waals surface area contributed by atoms with Gasteiger partial charge in [0.15, 0.2) is 0 Å². The Kier molecular flexibility index (Phi) is 5.93. The van der Waals surface area contributed by atoms with E-state index in [0.717, 1.165) is 0 Å². The minimum atomic E-state index is -3.62. The van der Waals surface area contributed by atoms with Gasteiger partial charge in [-0.2, -0.15) is 4.31 Å². The van der Waals surface area contributed by atoms with Crippen molar-refractivity contribution in [1.29, 1.82) is 0 Å². The van der Waals surface area contributed by atoms with Gasteiger partial charge >= 0.3 is 0 Å². The summed E-state index contributed by atoms with van der Waals surface area (Å²) in [5, 5.41) is 1.81. The lowest BCUT2D eigenvalue weighted by atomic mass is 10.1. The highest BCUT2D eigenvalue weighted by atomic mass is 35.5. The van der Waals surface area contributed by atoms with Crippen LogP contribution < -0.4 is 5.32 Å². The number of hydrogen-bond acceptors (Lipinski definition) is 4. The minimum Gasteiger partial charge on any atom is -0.379 e. The van der Waals surface area contributed by atoms with Crippen molar-refractivity contribution in [3.63, 3.8) is 0 Å². The van der Waals surface area contributed by atoms with Crippen LogP contribution in [-0.2, 0) is 19.6 Å². The van der Waals surface area contributed by atoms with Gasteiger partial charge in [0, 0.05) is 18.8 Å². The first-order chi connectivity index (χ1) is 12.5. The molecule has 1 unspecified atom stereocenters. The minimum absolute atomic E-state index is 0.128. The van der Waals surface area contributed by atoms with Gasteiger partial charge in [-0.1, -0.05) is 36.4 Å². The predicted octanol–water partition coefficient (Wildman–Crippen LogP) is 2.63. The second-order valence-corrected chi connectivity index (χ2v) is 8.18. The molecule has 3 rings (SSSR count). The molecular formula is C18H19ClN2O4S.